The fraction of sp³-hybridized carbons (Fsp3) is 0.636. The maximum Gasteiger partial charge on any atom is 0.232 e. The number of aromatic nitrogens is 2. The third-order valence-electron chi connectivity index (χ3n) is 2.74. The molecule has 0 amide bonds. The van der Waals surface area contributed by atoms with Gasteiger partial charge in [0, 0.05) is 0 Å². The molecule has 2 heterocycles. The minimum absolute atomic E-state index is 0.294. The van der Waals surface area contributed by atoms with Crippen molar-refractivity contribution >= 4 is 0 Å². The van der Waals surface area contributed by atoms with Gasteiger partial charge in [0.2, 0.25) is 5.88 Å². The van der Waals surface area contributed by atoms with E-state index >= 15 is 0 Å². The normalized spacial score (nSPS) is 17.7. The standard InChI is InChI=1S/C11H17N3O/c1-8-9(2)14-11(7-13-8)15-10-3-5-12-6-4-10/h7,10,12H,3-6H2,1-2H3. The SMILES string of the molecule is Cc1ncc(OC2CCNCC2)nc1C. The number of rotatable bonds is 2. The lowest BCUT2D eigenvalue weighted by molar-refractivity contribution is 0.155. The van der Waals surface area contributed by atoms with E-state index in [1.54, 1.807) is 6.20 Å². The third-order valence-corrected chi connectivity index (χ3v) is 2.74. The molecule has 82 valence electrons. The molecule has 1 aliphatic rings. The highest BCUT2D eigenvalue weighted by Gasteiger charge is 2.15. The van der Waals surface area contributed by atoms with Gasteiger partial charge in [-0.1, -0.05) is 0 Å². The Morgan fingerprint density at radius 2 is 2.00 bits per heavy atom. The van der Waals surface area contributed by atoms with E-state index in [2.05, 4.69) is 15.3 Å². The van der Waals surface area contributed by atoms with Crippen molar-refractivity contribution in [1.29, 1.82) is 0 Å². The Hall–Kier alpha value is -1.16. The summed E-state index contributed by atoms with van der Waals surface area (Å²) in [6.07, 6.45) is 4.11. The Labute approximate surface area is 90.1 Å². The van der Waals surface area contributed by atoms with Gasteiger partial charge >= 0.3 is 0 Å². The molecule has 1 saturated heterocycles. The van der Waals surface area contributed by atoms with E-state index in [-0.39, 0.29) is 0 Å². The molecule has 4 nitrogen and oxygen atoms in total. The van der Waals surface area contributed by atoms with Gasteiger partial charge in [-0.05, 0) is 39.8 Å². The second-order valence-corrected chi connectivity index (χ2v) is 3.95. The Morgan fingerprint density at radius 1 is 1.27 bits per heavy atom. The van der Waals surface area contributed by atoms with Crippen molar-refractivity contribution in [1.82, 2.24) is 15.3 Å². The first-order valence-electron chi connectivity index (χ1n) is 5.43. The molecule has 0 atom stereocenters. The van der Waals surface area contributed by atoms with Crippen LogP contribution >= 0.6 is 0 Å². The average molecular weight is 207 g/mol. The fourth-order valence-electron chi connectivity index (χ4n) is 1.66. The van der Waals surface area contributed by atoms with Crippen LogP contribution in [0.2, 0.25) is 0 Å². The summed E-state index contributed by atoms with van der Waals surface area (Å²) < 4.78 is 5.78. The van der Waals surface area contributed by atoms with E-state index in [1.165, 1.54) is 0 Å². The van der Waals surface area contributed by atoms with Crippen molar-refractivity contribution in [3.8, 4) is 5.88 Å². The number of hydrogen-bond acceptors (Lipinski definition) is 4. The molecule has 1 aromatic heterocycles. The largest absolute Gasteiger partial charge is 0.473 e. The molecular formula is C11H17N3O. The number of nitrogens with zero attached hydrogens (tertiary/aromatic N) is 2. The molecule has 0 spiro atoms. The lowest BCUT2D eigenvalue weighted by Crippen LogP contribution is -2.34. The summed E-state index contributed by atoms with van der Waals surface area (Å²) in [5.41, 5.74) is 1.91. The van der Waals surface area contributed by atoms with Crippen molar-refractivity contribution < 1.29 is 4.74 Å². The monoisotopic (exact) mass is 207 g/mol. The minimum atomic E-state index is 0.294. The molecule has 4 heteroatoms. The van der Waals surface area contributed by atoms with Gasteiger partial charge < -0.3 is 10.1 Å². The summed E-state index contributed by atoms with van der Waals surface area (Å²) in [5.74, 6) is 0.657. The maximum absolute atomic E-state index is 5.78. The van der Waals surface area contributed by atoms with Crippen molar-refractivity contribution in [3.63, 3.8) is 0 Å². The number of hydrogen-bond donors (Lipinski definition) is 1. The van der Waals surface area contributed by atoms with Crippen molar-refractivity contribution in [3.05, 3.63) is 17.6 Å². The van der Waals surface area contributed by atoms with Crippen LogP contribution in [0.4, 0.5) is 0 Å². The van der Waals surface area contributed by atoms with Crippen LogP contribution in [-0.4, -0.2) is 29.2 Å². The predicted octanol–water partition coefficient (Wildman–Crippen LogP) is 1.22. The van der Waals surface area contributed by atoms with Gasteiger partial charge in [-0.2, -0.15) is 0 Å². The summed E-state index contributed by atoms with van der Waals surface area (Å²) in [4.78, 5) is 8.60. The van der Waals surface area contributed by atoms with Gasteiger partial charge in [-0.25, -0.2) is 4.98 Å². The second kappa shape index (κ2) is 4.57. The van der Waals surface area contributed by atoms with Crippen molar-refractivity contribution in [2.24, 2.45) is 0 Å². The zero-order valence-electron chi connectivity index (χ0n) is 9.29. The van der Waals surface area contributed by atoms with Crippen LogP contribution in [0.25, 0.3) is 0 Å². The minimum Gasteiger partial charge on any atom is -0.473 e. The number of piperidine rings is 1. The van der Waals surface area contributed by atoms with Crippen LogP contribution in [0.5, 0.6) is 5.88 Å². The molecule has 0 bridgehead atoms. The number of nitrogens with one attached hydrogen (secondary N) is 1. The highest BCUT2D eigenvalue weighted by Crippen LogP contribution is 2.14. The molecule has 2 rings (SSSR count). The molecule has 0 radical (unpaired) electrons. The molecule has 0 aromatic carbocycles. The van der Waals surface area contributed by atoms with Gasteiger partial charge in [-0.15, -0.1) is 0 Å². The zero-order valence-corrected chi connectivity index (χ0v) is 9.29. The smallest absolute Gasteiger partial charge is 0.232 e. The van der Waals surface area contributed by atoms with Crippen molar-refractivity contribution in [2.45, 2.75) is 32.8 Å². The summed E-state index contributed by atoms with van der Waals surface area (Å²) >= 11 is 0. The predicted molar refractivity (Wildman–Crippen MR) is 58.0 cm³/mol. The fourth-order valence-corrected chi connectivity index (χ4v) is 1.66. The number of ether oxygens (including phenoxy) is 1. The van der Waals surface area contributed by atoms with Gasteiger partial charge in [0.15, 0.2) is 0 Å². The van der Waals surface area contributed by atoms with Crippen LogP contribution in [0, 0.1) is 13.8 Å². The zero-order chi connectivity index (χ0) is 10.7. The molecule has 1 N–H and O–H groups in total. The van der Waals surface area contributed by atoms with E-state index in [0.29, 0.717) is 12.0 Å². The first-order chi connectivity index (χ1) is 7.25. The highest BCUT2D eigenvalue weighted by molar-refractivity contribution is 5.14. The molecule has 1 aliphatic heterocycles. The second-order valence-electron chi connectivity index (χ2n) is 3.95. The van der Waals surface area contributed by atoms with Gasteiger partial charge in [0.25, 0.3) is 0 Å². The molecule has 1 fully saturated rings. The van der Waals surface area contributed by atoms with Crippen LogP contribution in [-0.2, 0) is 0 Å². The molecule has 15 heavy (non-hydrogen) atoms. The molecule has 1 aromatic rings. The Balaban J connectivity index is 2.00. The lowest BCUT2D eigenvalue weighted by atomic mass is 10.1. The van der Waals surface area contributed by atoms with E-state index in [0.717, 1.165) is 37.3 Å². The Kier molecular flexibility index (Phi) is 3.16. The van der Waals surface area contributed by atoms with Gasteiger partial charge in [-0.3, -0.25) is 4.98 Å². The number of aryl methyl sites for hydroxylation is 2. The third kappa shape index (κ3) is 2.65. The molecular weight excluding hydrogens is 190 g/mol. The maximum atomic E-state index is 5.78. The average Bonchev–Trinajstić information content (AvgIpc) is 2.25. The Bertz CT molecular complexity index is 335. The van der Waals surface area contributed by atoms with Crippen LogP contribution in [0.1, 0.15) is 24.2 Å². The van der Waals surface area contributed by atoms with E-state index in [1.807, 2.05) is 13.8 Å². The van der Waals surface area contributed by atoms with Crippen LogP contribution in [0.15, 0.2) is 6.20 Å². The first-order valence-corrected chi connectivity index (χ1v) is 5.43. The van der Waals surface area contributed by atoms with Crippen LogP contribution < -0.4 is 10.1 Å². The molecule has 0 saturated carbocycles. The summed E-state index contributed by atoms with van der Waals surface area (Å²) in [6, 6.07) is 0. The Morgan fingerprint density at radius 3 is 2.67 bits per heavy atom. The summed E-state index contributed by atoms with van der Waals surface area (Å²) in [7, 11) is 0. The molecule has 0 unspecified atom stereocenters. The summed E-state index contributed by atoms with van der Waals surface area (Å²) in [6.45, 7) is 5.97. The van der Waals surface area contributed by atoms with E-state index in [4.69, 9.17) is 4.74 Å². The van der Waals surface area contributed by atoms with Gasteiger partial charge in [0.05, 0.1) is 17.6 Å². The quantitative estimate of drug-likeness (QED) is 0.792. The molecule has 0 aliphatic carbocycles. The lowest BCUT2D eigenvalue weighted by Gasteiger charge is -2.23. The summed E-state index contributed by atoms with van der Waals surface area (Å²) in [5, 5.41) is 3.30. The van der Waals surface area contributed by atoms with Crippen molar-refractivity contribution in [2.75, 3.05) is 13.1 Å². The first kappa shape index (κ1) is 10.4. The van der Waals surface area contributed by atoms with Gasteiger partial charge in [0.1, 0.15) is 6.10 Å². The van der Waals surface area contributed by atoms with E-state index < -0.39 is 0 Å². The highest BCUT2D eigenvalue weighted by atomic mass is 16.5. The topological polar surface area (TPSA) is 47.0 Å². The van der Waals surface area contributed by atoms with E-state index in [9.17, 15) is 0 Å². The van der Waals surface area contributed by atoms with Crippen LogP contribution in [0.3, 0.4) is 0 Å².